The molecular formula is C26H34FN5O4. The fourth-order valence-electron chi connectivity index (χ4n) is 5.06. The van der Waals surface area contributed by atoms with Crippen molar-refractivity contribution in [3.8, 4) is 0 Å². The summed E-state index contributed by atoms with van der Waals surface area (Å²) in [6, 6.07) is 6.81. The molecule has 1 saturated heterocycles. The van der Waals surface area contributed by atoms with Crippen molar-refractivity contribution in [1.82, 2.24) is 14.5 Å². The van der Waals surface area contributed by atoms with Gasteiger partial charge in [0.15, 0.2) is 0 Å². The number of aromatic nitrogens is 2. The maximum absolute atomic E-state index is 14.1. The number of aliphatic imine (C=N–C) groups is 1. The van der Waals surface area contributed by atoms with Crippen molar-refractivity contribution in [2.45, 2.75) is 39.8 Å². The molecule has 4 rings (SSSR count). The first-order valence-corrected chi connectivity index (χ1v) is 12.4. The Labute approximate surface area is 210 Å². The van der Waals surface area contributed by atoms with E-state index in [1.807, 2.05) is 13.0 Å². The molecule has 0 amide bonds. The maximum Gasteiger partial charge on any atom is 0.351 e. The minimum atomic E-state index is -0.547. The Kier molecular flexibility index (Phi) is 8.15. The number of halogens is 1. The highest BCUT2D eigenvalue weighted by molar-refractivity contribution is 6.04. The topological polar surface area (TPSA) is 89.3 Å². The minimum Gasteiger partial charge on any atom is -0.465 e. The quantitative estimate of drug-likeness (QED) is 0.516. The van der Waals surface area contributed by atoms with Crippen molar-refractivity contribution in [3.63, 3.8) is 0 Å². The molecule has 2 aliphatic heterocycles. The number of ether oxygens (including phenoxy) is 2. The van der Waals surface area contributed by atoms with Crippen LogP contribution in [0.3, 0.4) is 0 Å². The van der Waals surface area contributed by atoms with Crippen LogP contribution in [0.15, 0.2) is 34.1 Å². The Hall–Kier alpha value is -3.11. The number of rotatable bonds is 8. The smallest absolute Gasteiger partial charge is 0.351 e. The van der Waals surface area contributed by atoms with Crippen LogP contribution in [0.25, 0.3) is 0 Å². The molecule has 1 fully saturated rings. The molecule has 0 saturated carbocycles. The first kappa shape index (κ1) is 26.0. The lowest BCUT2D eigenvalue weighted by atomic mass is 9.82. The summed E-state index contributed by atoms with van der Waals surface area (Å²) in [6.07, 6.45) is 0. The Bertz CT molecular complexity index is 1190. The predicted octanol–water partition coefficient (Wildman–Crippen LogP) is 2.74. The summed E-state index contributed by atoms with van der Waals surface area (Å²) < 4.78 is 26.2. The van der Waals surface area contributed by atoms with Crippen LogP contribution in [-0.2, 0) is 27.4 Å². The summed E-state index contributed by atoms with van der Waals surface area (Å²) in [6.45, 7) is 9.62. The number of hydrogen-bond acceptors (Lipinski definition) is 8. The fraction of sp³-hybridized carbons (Fsp3) is 0.538. The Morgan fingerprint density at radius 1 is 1.19 bits per heavy atom. The molecule has 0 aliphatic carbocycles. The molecule has 2 aromatic rings. The van der Waals surface area contributed by atoms with Gasteiger partial charge in [-0.15, -0.1) is 0 Å². The van der Waals surface area contributed by atoms with Crippen molar-refractivity contribution in [2.24, 2.45) is 10.9 Å². The van der Waals surface area contributed by atoms with E-state index < -0.39 is 11.6 Å². The average molecular weight is 500 g/mol. The number of benzene rings is 1. The zero-order valence-corrected chi connectivity index (χ0v) is 21.4. The number of carbonyl (C=O) groups excluding carboxylic acids is 1. The van der Waals surface area contributed by atoms with Crippen LogP contribution in [0.5, 0.6) is 0 Å². The van der Waals surface area contributed by atoms with Gasteiger partial charge in [0.05, 0.1) is 19.8 Å². The fourth-order valence-corrected chi connectivity index (χ4v) is 5.06. The molecule has 3 heterocycles. The van der Waals surface area contributed by atoms with E-state index in [1.54, 1.807) is 33.1 Å². The molecular weight excluding hydrogens is 465 g/mol. The number of nitrogens with zero attached hydrogens (tertiary/aromatic N) is 5. The molecule has 10 heteroatoms. The van der Waals surface area contributed by atoms with Gasteiger partial charge in [-0.1, -0.05) is 25.1 Å². The monoisotopic (exact) mass is 499 g/mol. The molecule has 2 unspecified atom stereocenters. The summed E-state index contributed by atoms with van der Waals surface area (Å²) in [5, 5.41) is 0. The Balaban J connectivity index is 1.65. The molecule has 2 aliphatic rings. The van der Waals surface area contributed by atoms with Crippen molar-refractivity contribution >= 4 is 23.3 Å². The van der Waals surface area contributed by atoms with E-state index in [0.29, 0.717) is 68.8 Å². The van der Waals surface area contributed by atoms with E-state index in [-0.39, 0.29) is 24.3 Å². The highest BCUT2D eigenvalue weighted by Gasteiger charge is 2.39. The highest BCUT2D eigenvalue weighted by atomic mass is 19.1. The summed E-state index contributed by atoms with van der Waals surface area (Å²) in [5.41, 5.74) is 1.66. The first-order valence-electron chi connectivity index (χ1n) is 12.4. The third-order valence-electron chi connectivity index (χ3n) is 6.94. The van der Waals surface area contributed by atoms with E-state index in [0.717, 1.165) is 5.56 Å². The number of methoxy groups -OCH3 is 1. The van der Waals surface area contributed by atoms with E-state index in [1.165, 1.54) is 10.6 Å². The van der Waals surface area contributed by atoms with Crippen LogP contribution in [0.2, 0.25) is 0 Å². The first-order chi connectivity index (χ1) is 17.3. The minimum absolute atomic E-state index is 0.206. The average Bonchev–Trinajstić information content (AvgIpc) is 2.85. The summed E-state index contributed by atoms with van der Waals surface area (Å²) >= 11 is 0. The second-order valence-electron chi connectivity index (χ2n) is 9.23. The SMILES string of the molecule is CCOC(=O)C1C(C)=Nc2c(c(N3CCN(Cc4ccccc4F)CC3)nc(=O)n2CCOC)C1C. The van der Waals surface area contributed by atoms with Gasteiger partial charge in [0.2, 0.25) is 0 Å². The van der Waals surface area contributed by atoms with Crippen LogP contribution in [-0.4, -0.2) is 72.6 Å². The molecule has 0 bridgehead atoms. The third kappa shape index (κ3) is 5.19. The van der Waals surface area contributed by atoms with Gasteiger partial charge in [-0.3, -0.25) is 14.3 Å². The normalized spacial score (nSPS) is 20.1. The van der Waals surface area contributed by atoms with Gasteiger partial charge < -0.3 is 14.4 Å². The van der Waals surface area contributed by atoms with Crippen LogP contribution in [0.4, 0.5) is 16.0 Å². The lowest BCUT2D eigenvalue weighted by molar-refractivity contribution is -0.146. The molecule has 0 spiro atoms. The largest absolute Gasteiger partial charge is 0.465 e. The molecule has 0 N–H and O–H groups in total. The van der Waals surface area contributed by atoms with E-state index in [4.69, 9.17) is 14.5 Å². The van der Waals surface area contributed by atoms with E-state index >= 15 is 0 Å². The lowest BCUT2D eigenvalue weighted by Gasteiger charge is -2.38. The number of esters is 1. The number of anilines is 1. The van der Waals surface area contributed by atoms with Gasteiger partial charge in [-0.2, -0.15) is 4.98 Å². The number of fused-ring (bicyclic) bond motifs is 1. The van der Waals surface area contributed by atoms with Gasteiger partial charge in [-0.25, -0.2) is 14.2 Å². The molecule has 2 atom stereocenters. The van der Waals surface area contributed by atoms with Crippen molar-refractivity contribution in [3.05, 3.63) is 51.7 Å². The highest BCUT2D eigenvalue weighted by Crippen LogP contribution is 2.42. The van der Waals surface area contributed by atoms with Crippen LogP contribution in [0, 0.1) is 11.7 Å². The van der Waals surface area contributed by atoms with Crippen LogP contribution >= 0.6 is 0 Å². The second-order valence-corrected chi connectivity index (χ2v) is 9.23. The summed E-state index contributed by atoms with van der Waals surface area (Å²) in [4.78, 5) is 39.4. The van der Waals surface area contributed by atoms with E-state index in [2.05, 4.69) is 14.8 Å². The third-order valence-corrected chi connectivity index (χ3v) is 6.94. The number of piperazine rings is 1. The summed E-state index contributed by atoms with van der Waals surface area (Å²) in [5.74, 6) is -0.262. The second kappa shape index (κ2) is 11.3. The molecule has 9 nitrogen and oxygen atoms in total. The van der Waals surface area contributed by atoms with Crippen LogP contribution < -0.4 is 10.6 Å². The zero-order chi connectivity index (χ0) is 25.8. The molecule has 36 heavy (non-hydrogen) atoms. The van der Waals surface area contributed by atoms with Gasteiger partial charge in [-0.05, 0) is 19.9 Å². The lowest BCUT2D eigenvalue weighted by Crippen LogP contribution is -2.48. The van der Waals surface area contributed by atoms with Crippen LogP contribution in [0.1, 0.15) is 37.8 Å². The molecule has 0 radical (unpaired) electrons. The van der Waals surface area contributed by atoms with E-state index in [9.17, 15) is 14.0 Å². The molecule has 1 aromatic heterocycles. The Morgan fingerprint density at radius 3 is 2.58 bits per heavy atom. The van der Waals surface area contributed by atoms with Crippen molar-refractivity contribution in [2.75, 3.05) is 51.4 Å². The van der Waals surface area contributed by atoms with Gasteiger partial charge in [0.1, 0.15) is 23.4 Å². The molecule has 1 aromatic carbocycles. The Morgan fingerprint density at radius 2 is 1.92 bits per heavy atom. The van der Waals surface area contributed by atoms with Gasteiger partial charge in [0, 0.05) is 62.6 Å². The number of carbonyl (C=O) groups is 1. The number of hydrogen-bond donors (Lipinski definition) is 0. The standard InChI is InChI=1S/C26H34FN5O4/c1-5-36-25(33)21-17(2)22-23(29-26(34)32(14-15-35-4)24(22)28-18(21)3)31-12-10-30(11-13-31)16-19-8-6-7-9-20(19)27/h6-9,17,21H,5,10-16H2,1-4H3. The maximum atomic E-state index is 14.1. The van der Waals surface area contributed by atoms with Crippen molar-refractivity contribution < 1.29 is 18.7 Å². The predicted molar refractivity (Wildman–Crippen MR) is 136 cm³/mol. The van der Waals surface area contributed by atoms with Gasteiger partial charge in [0.25, 0.3) is 0 Å². The summed E-state index contributed by atoms with van der Waals surface area (Å²) in [7, 11) is 1.58. The zero-order valence-electron chi connectivity index (χ0n) is 21.4. The van der Waals surface area contributed by atoms with Crippen molar-refractivity contribution in [1.29, 1.82) is 0 Å². The molecule has 194 valence electrons. The van der Waals surface area contributed by atoms with Gasteiger partial charge >= 0.3 is 11.7 Å².